The molecule has 56 heavy (non-hydrogen) atoms. The van der Waals surface area contributed by atoms with Gasteiger partial charge in [-0.1, -0.05) is 159 Å². The van der Waals surface area contributed by atoms with Gasteiger partial charge in [0.05, 0.1) is 11.1 Å². The normalized spacial score (nSPS) is 16.4. The Bertz CT molecular complexity index is 3110. The van der Waals surface area contributed by atoms with Gasteiger partial charge in [-0.15, -0.1) is 0 Å². The molecular formula is C54H37NO. The minimum absolute atomic E-state index is 0.132. The van der Waals surface area contributed by atoms with Crippen LogP contribution in [0.25, 0.3) is 43.8 Å². The van der Waals surface area contributed by atoms with Gasteiger partial charge in [0.25, 0.3) is 0 Å². The molecule has 3 aliphatic rings. The Morgan fingerprint density at radius 2 is 0.946 bits per heavy atom. The van der Waals surface area contributed by atoms with E-state index in [4.69, 9.17) is 4.74 Å². The molecule has 0 saturated carbocycles. The lowest BCUT2D eigenvalue weighted by Gasteiger charge is -2.40. The fourth-order valence-electron chi connectivity index (χ4n) is 10.5. The van der Waals surface area contributed by atoms with Gasteiger partial charge in [0.2, 0.25) is 0 Å². The summed E-state index contributed by atoms with van der Waals surface area (Å²) in [5.41, 5.74) is 15.5. The van der Waals surface area contributed by atoms with Crippen molar-refractivity contribution in [2.45, 2.75) is 24.7 Å². The molecule has 0 N–H and O–H groups in total. The van der Waals surface area contributed by atoms with Crippen LogP contribution in [-0.4, -0.2) is 0 Å². The molecule has 9 aromatic carbocycles. The number of rotatable bonds is 3. The van der Waals surface area contributed by atoms with Gasteiger partial charge in [-0.05, 0) is 103 Å². The maximum absolute atomic E-state index is 6.85. The van der Waals surface area contributed by atoms with E-state index in [1.54, 1.807) is 0 Å². The summed E-state index contributed by atoms with van der Waals surface area (Å²) in [6, 6.07) is 69.5. The number of hydrogen-bond donors (Lipinski definition) is 0. The molecule has 0 amide bonds. The van der Waals surface area contributed by atoms with Crippen molar-refractivity contribution in [1.29, 1.82) is 0 Å². The molecule has 1 aliphatic heterocycles. The first-order valence-electron chi connectivity index (χ1n) is 19.6. The molecule has 0 aromatic heterocycles. The minimum Gasteiger partial charge on any atom is -0.457 e. The SMILES string of the molecule is CC1(C)c2ccccc2-c2ccc(N(c3ccc4c(c3)C3(c5ccccc5Oc5ccc6ccccc6c53)c3ccccc3-4)c3cccc4ccccc34)cc21. The van der Waals surface area contributed by atoms with Crippen LogP contribution in [0.5, 0.6) is 11.5 Å². The number of fused-ring (bicyclic) bond motifs is 15. The van der Waals surface area contributed by atoms with Gasteiger partial charge in [0.1, 0.15) is 11.5 Å². The summed E-state index contributed by atoms with van der Waals surface area (Å²) in [5, 5.41) is 4.84. The molecule has 9 aromatic rings. The van der Waals surface area contributed by atoms with Crippen molar-refractivity contribution in [3.8, 4) is 33.8 Å². The molecule has 0 radical (unpaired) electrons. The van der Waals surface area contributed by atoms with Gasteiger partial charge >= 0.3 is 0 Å². The van der Waals surface area contributed by atoms with Crippen molar-refractivity contribution in [2.75, 3.05) is 4.90 Å². The number of benzene rings is 9. The van der Waals surface area contributed by atoms with Crippen molar-refractivity contribution >= 4 is 38.6 Å². The Morgan fingerprint density at radius 1 is 0.393 bits per heavy atom. The highest BCUT2D eigenvalue weighted by Crippen LogP contribution is 2.64. The third kappa shape index (κ3) is 4.06. The lowest BCUT2D eigenvalue weighted by Crippen LogP contribution is -2.32. The zero-order valence-corrected chi connectivity index (χ0v) is 31.3. The molecule has 1 heterocycles. The quantitative estimate of drug-likeness (QED) is 0.181. The molecule has 0 bridgehead atoms. The number of hydrogen-bond acceptors (Lipinski definition) is 2. The zero-order chi connectivity index (χ0) is 37.2. The van der Waals surface area contributed by atoms with E-state index in [1.165, 1.54) is 77.2 Å². The van der Waals surface area contributed by atoms with E-state index in [1.807, 2.05) is 0 Å². The van der Waals surface area contributed by atoms with E-state index in [0.717, 1.165) is 28.6 Å². The smallest absolute Gasteiger partial charge is 0.132 e. The van der Waals surface area contributed by atoms with Crippen LogP contribution in [0.1, 0.15) is 47.2 Å². The monoisotopic (exact) mass is 715 g/mol. The summed E-state index contributed by atoms with van der Waals surface area (Å²) in [6.45, 7) is 4.73. The maximum atomic E-state index is 6.85. The number of para-hydroxylation sites is 1. The summed E-state index contributed by atoms with van der Waals surface area (Å²) in [7, 11) is 0. The maximum Gasteiger partial charge on any atom is 0.132 e. The van der Waals surface area contributed by atoms with Crippen LogP contribution < -0.4 is 9.64 Å². The average Bonchev–Trinajstić information content (AvgIpc) is 3.66. The van der Waals surface area contributed by atoms with Gasteiger partial charge in [0.15, 0.2) is 0 Å². The molecular weight excluding hydrogens is 679 g/mol. The van der Waals surface area contributed by atoms with Crippen molar-refractivity contribution in [3.05, 3.63) is 221 Å². The van der Waals surface area contributed by atoms with Crippen LogP contribution >= 0.6 is 0 Å². The van der Waals surface area contributed by atoms with Gasteiger partial charge in [-0.2, -0.15) is 0 Å². The number of anilines is 3. The van der Waals surface area contributed by atoms with Gasteiger partial charge < -0.3 is 9.64 Å². The first kappa shape index (κ1) is 31.5. The van der Waals surface area contributed by atoms with Crippen LogP contribution in [-0.2, 0) is 10.8 Å². The van der Waals surface area contributed by atoms with Crippen LogP contribution in [0, 0.1) is 0 Å². The van der Waals surface area contributed by atoms with Crippen molar-refractivity contribution in [3.63, 3.8) is 0 Å². The molecule has 1 spiro atoms. The Morgan fingerprint density at radius 3 is 1.73 bits per heavy atom. The standard InChI is InChI=1S/C54H37NO/c1-53(2)44-21-9-7-19-40(44)42-29-27-36(32-47(42)53)55(49-24-13-16-34-14-3-5-17-38(34)49)37-28-30-43-41-20-8-10-22-45(41)54(48(43)33-37)46-23-11-12-25-50(46)56-51-31-26-35-15-4-6-18-39(35)52(51)54/h3-33H,1-2H3. The number of ether oxygens (including phenoxy) is 1. The van der Waals surface area contributed by atoms with Crippen molar-refractivity contribution in [2.24, 2.45) is 0 Å². The highest BCUT2D eigenvalue weighted by molar-refractivity contribution is 6.02. The van der Waals surface area contributed by atoms with Gasteiger partial charge in [-0.3, -0.25) is 0 Å². The summed E-state index contributed by atoms with van der Waals surface area (Å²) < 4.78 is 6.85. The fraction of sp³-hybridized carbons (Fsp3) is 0.0741. The Balaban J connectivity index is 1.17. The summed E-state index contributed by atoms with van der Waals surface area (Å²) in [5.74, 6) is 1.80. The average molecular weight is 716 g/mol. The molecule has 1 atom stereocenters. The van der Waals surface area contributed by atoms with E-state index >= 15 is 0 Å². The minimum atomic E-state index is -0.612. The topological polar surface area (TPSA) is 12.5 Å². The first-order valence-corrected chi connectivity index (χ1v) is 19.6. The highest BCUT2D eigenvalue weighted by Gasteiger charge is 2.52. The Labute approximate surface area is 326 Å². The second kappa shape index (κ2) is 11.3. The molecule has 2 heteroatoms. The third-order valence-electron chi connectivity index (χ3n) is 12.9. The second-order valence-electron chi connectivity index (χ2n) is 16.0. The molecule has 0 saturated heterocycles. The van der Waals surface area contributed by atoms with Crippen molar-refractivity contribution in [1.82, 2.24) is 0 Å². The molecule has 12 rings (SSSR count). The van der Waals surface area contributed by atoms with Crippen LogP contribution in [0.2, 0.25) is 0 Å². The second-order valence-corrected chi connectivity index (χ2v) is 16.0. The van der Waals surface area contributed by atoms with Crippen molar-refractivity contribution < 1.29 is 4.74 Å². The van der Waals surface area contributed by atoms with E-state index in [9.17, 15) is 0 Å². The third-order valence-corrected chi connectivity index (χ3v) is 12.9. The fourth-order valence-corrected chi connectivity index (χ4v) is 10.5. The van der Waals surface area contributed by atoms with Gasteiger partial charge in [-0.25, -0.2) is 0 Å². The molecule has 2 nitrogen and oxygen atoms in total. The lowest BCUT2D eigenvalue weighted by atomic mass is 9.65. The van der Waals surface area contributed by atoms with E-state index in [0.29, 0.717) is 0 Å². The number of nitrogens with zero attached hydrogens (tertiary/aromatic N) is 1. The summed E-state index contributed by atoms with van der Waals surface area (Å²) in [4.78, 5) is 2.49. The Hall–Kier alpha value is -6.90. The van der Waals surface area contributed by atoms with Gasteiger partial charge in [0, 0.05) is 33.3 Å². The highest BCUT2D eigenvalue weighted by atomic mass is 16.5. The lowest BCUT2D eigenvalue weighted by molar-refractivity contribution is 0.438. The summed E-state index contributed by atoms with van der Waals surface area (Å²) >= 11 is 0. The molecule has 1 unspecified atom stereocenters. The molecule has 0 fully saturated rings. The van der Waals surface area contributed by atoms with E-state index < -0.39 is 5.41 Å². The van der Waals surface area contributed by atoms with Crippen LogP contribution in [0.3, 0.4) is 0 Å². The van der Waals surface area contributed by atoms with E-state index in [2.05, 4.69) is 207 Å². The van der Waals surface area contributed by atoms with E-state index in [-0.39, 0.29) is 5.41 Å². The zero-order valence-electron chi connectivity index (χ0n) is 31.3. The predicted octanol–water partition coefficient (Wildman–Crippen LogP) is 14.2. The Kier molecular flexibility index (Phi) is 6.36. The largest absolute Gasteiger partial charge is 0.457 e. The predicted molar refractivity (Wildman–Crippen MR) is 231 cm³/mol. The summed E-state index contributed by atoms with van der Waals surface area (Å²) in [6.07, 6.45) is 0. The van der Waals surface area contributed by atoms with Crippen LogP contribution in [0.15, 0.2) is 188 Å². The first-order chi connectivity index (χ1) is 27.5. The molecule has 264 valence electrons. The van der Waals surface area contributed by atoms with Crippen LogP contribution in [0.4, 0.5) is 17.1 Å². The molecule has 2 aliphatic carbocycles.